The molecule has 0 aliphatic carbocycles. The van der Waals surface area contributed by atoms with Crippen LogP contribution >= 0.6 is 11.6 Å². The molecule has 1 N–H and O–H groups in total. The summed E-state index contributed by atoms with van der Waals surface area (Å²) < 4.78 is 19.9. The van der Waals surface area contributed by atoms with E-state index in [4.69, 9.17) is 16.3 Å². The average molecular weight is 313 g/mol. The Hall–Kier alpha value is -1.43. The van der Waals surface area contributed by atoms with E-state index in [-0.39, 0.29) is 12.2 Å². The number of halogens is 2. The molecule has 2 rings (SSSR count). The monoisotopic (exact) mass is 312 g/mol. The van der Waals surface area contributed by atoms with E-state index in [1.165, 1.54) is 18.3 Å². The van der Waals surface area contributed by atoms with Gasteiger partial charge in [0, 0.05) is 13.5 Å². The lowest BCUT2D eigenvalue weighted by Gasteiger charge is -2.25. The third kappa shape index (κ3) is 3.81. The van der Waals surface area contributed by atoms with Crippen LogP contribution < -0.4 is 0 Å². The Kier molecular flexibility index (Phi) is 4.98. The molecule has 114 valence electrons. The van der Waals surface area contributed by atoms with E-state index < -0.39 is 5.60 Å². The van der Waals surface area contributed by atoms with Gasteiger partial charge in [0.1, 0.15) is 11.4 Å². The number of ether oxygens (including phenoxy) is 1. The van der Waals surface area contributed by atoms with Crippen LogP contribution in [0.5, 0.6) is 0 Å². The first kappa shape index (κ1) is 15.9. The smallest absolute Gasteiger partial charge is 0.123 e. The Labute approximate surface area is 128 Å². The molecule has 1 atom stereocenters. The number of benzene rings is 1. The standard InChI is InChI=1S/C15H18ClFN2O2/c1-15(20,9-11-4-3-5-12(17)8-11)14-13(16)10-18-19(14)6-7-21-2/h3-5,8,10,20H,6-7,9H2,1-2H3. The van der Waals surface area contributed by atoms with E-state index in [9.17, 15) is 9.50 Å². The molecule has 0 radical (unpaired) electrons. The zero-order valence-corrected chi connectivity index (χ0v) is 12.8. The second kappa shape index (κ2) is 6.56. The van der Waals surface area contributed by atoms with E-state index in [1.54, 1.807) is 30.8 Å². The molecule has 4 nitrogen and oxygen atoms in total. The van der Waals surface area contributed by atoms with E-state index in [1.807, 2.05) is 0 Å². The normalized spacial score (nSPS) is 14.1. The van der Waals surface area contributed by atoms with Crippen molar-refractivity contribution in [1.82, 2.24) is 9.78 Å². The number of hydrogen-bond acceptors (Lipinski definition) is 3. The van der Waals surface area contributed by atoms with E-state index >= 15 is 0 Å². The number of nitrogens with zero attached hydrogens (tertiary/aromatic N) is 2. The Morgan fingerprint density at radius 2 is 2.24 bits per heavy atom. The first-order valence-corrected chi connectivity index (χ1v) is 6.99. The van der Waals surface area contributed by atoms with E-state index in [0.717, 1.165) is 0 Å². The van der Waals surface area contributed by atoms with Crippen LogP contribution in [0.1, 0.15) is 18.2 Å². The molecule has 0 spiro atoms. The number of methoxy groups -OCH3 is 1. The van der Waals surface area contributed by atoms with Crippen molar-refractivity contribution in [2.45, 2.75) is 25.5 Å². The lowest BCUT2D eigenvalue weighted by Crippen LogP contribution is -2.29. The Bertz CT molecular complexity index is 613. The SMILES string of the molecule is COCCn1ncc(Cl)c1C(C)(O)Cc1cccc(F)c1. The van der Waals surface area contributed by atoms with Crippen molar-refractivity contribution < 1.29 is 14.2 Å². The van der Waals surface area contributed by atoms with E-state index in [2.05, 4.69) is 5.10 Å². The van der Waals surface area contributed by atoms with Crippen LogP contribution in [0.3, 0.4) is 0 Å². The lowest BCUT2D eigenvalue weighted by atomic mass is 9.93. The highest BCUT2D eigenvalue weighted by Crippen LogP contribution is 2.31. The molecule has 1 heterocycles. The van der Waals surface area contributed by atoms with Gasteiger partial charge in [-0.25, -0.2) is 4.39 Å². The van der Waals surface area contributed by atoms with Gasteiger partial charge in [-0.1, -0.05) is 23.7 Å². The molecule has 0 saturated carbocycles. The second-order valence-electron chi connectivity index (χ2n) is 5.14. The van der Waals surface area contributed by atoms with Crippen molar-refractivity contribution in [2.75, 3.05) is 13.7 Å². The average Bonchev–Trinajstić information content (AvgIpc) is 2.77. The van der Waals surface area contributed by atoms with Crippen molar-refractivity contribution in [1.29, 1.82) is 0 Å². The number of aliphatic hydroxyl groups is 1. The summed E-state index contributed by atoms with van der Waals surface area (Å²) in [6.07, 6.45) is 1.73. The van der Waals surface area contributed by atoms with Gasteiger partial charge < -0.3 is 9.84 Å². The summed E-state index contributed by atoms with van der Waals surface area (Å²) in [5.74, 6) is -0.331. The van der Waals surface area contributed by atoms with Crippen molar-refractivity contribution in [3.8, 4) is 0 Å². The fourth-order valence-corrected chi connectivity index (χ4v) is 2.72. The summed E-state index contributed by atoms with van der Waals surface area (Å²) in [4.78, 5) is 0. The lowest BCUT2D eigenvalue weighted by molar-refractivity contribution is 0.0461. The molecular formula is C15H18ClFN2O2. The summed E-state index contributed by atoms with van der Waals surface area (Å²) in [5.41, 5.74) is -0.0594. The molecule has 1 aromatic carbocycles. The molecule has 1 unspecified atom stereocenters. The van der Waals surface area contributed by atoms with Gasteiger partial charge in [-0.2, -0.15) is 5.10 Å². The van der Waals surface area contributed by atoms with Gasteiger partial charge in [0.15, 0.2) is 0 Å². The summed E-state index contributed by atoms with van der Waals surface area (Å²) in [6, 6.07) is 6.15. The number of rotatable bonds is 6. The van der Waals surface area contributed by atoms with Crippen molar-refractivity contribution in [2.24, 2.45) is 0 Å². The fourth-order valence-electron chi connectivity index (χ4n) is 2.37. The third-order valence-corrected chi connectivity index (χ3v) is 3.53. The molecule has 0 aliphatic rings. The topological polar surface area (TPSA) is 47.3 Å². The van der Waals surface area contributed by atoms with Crippen LogP contribution in [0.2, 0.25) is 5.02 Å². The van der Waals surface area contributed by atoms with Gasteiger partial charge in [0.2, 0.25) is 0 Å². The minimum Gasteiger partial charge on any atom is -0.383 e. The van der Waals surface area contributed by atoms with Crippen LogP contribution in [-0.4, -0.2) is 28.6 Å². The van der Waals surface area contributed by atoms with Crippen LogP contribution in [0, 0.1) is 5.82 Å². The van der Waals surface area contributed by atoms with Crippen LogP contribution in [0.25, 0.3) is 0 Å². The molecule has 0 fully saturated rings. The minimum absolute atomic E-state index is 0.239. The first-order chi connectivity index (χ1) is 9.94. The van der Waals surface area contributed by atoms with Crippen LogP contribution in [-0.2, 0) is 23.3 Å². The Morgan fingerprint density at radius 1 is 1.48 bits per heavy atom. The minimum atomic E-state index is -1.25. The predicted octanol–water partition coefficient (Wildman–Crippen LogP) is 2.77. The molecular weight excluding hydrogens is 295 g/mol. The highest BCUT2D eigenvalue weighted by atomic mass is 35.5. The zero-order chi connectivity index (χ0) is 15.5. The van der Waals surface area contributed by atoms with Crippen molar-refractivity contribution in [3.05, 3.63) is 52.6 Å². The molecule has 0 saturated heterocycles. The maximum absolute atomic E-state index is 13.3. The van der Waals surface area contributed by atoms with Crippen LogP contribution in [0.4, 0.5) is 4.39 Å². The van der Waals surface area contributed by atoms with Gasteiger partial charge in [-0.3, -0.25) is 4.68 Å². The third-order valence-electron chi connectivity index (χ3n) is 3.25. The van der Waals surface area contributed by atoms with Gasteiger partial charge in [0.05, 0.1) is 30.1 Å². The molecule has 21 heavy (non-hydrogen) atoms. The summed E-state index contributed by atoms with van der Waals surface area (Å²) in [6.45, 7) is 2.59. The van der Waals surface area contributed by atoms with Gasteiger partial charge in [-0.05, 0) is 24.6 Å². The molecule has 6 heteroatoms. The predicted molar refractivity (Wildman–Crippen MR) is 78.8 cm³/mol. The summed E-state index contributed by atoms with van der Waals surface area (Å²) in [7, 11) is 1.59. The quantitative estimate of drug-likeness (QED) is 0.892. The molecule has 1 aromatic heterocycles. The molecule has 0 aliphatic heterocycles. The highest BCUT2D eigenvalue weighted by Gasteiger charge is 2.30. The molecule has 0 bridgehead atoms. The number of aromatic nitrogens is 2. The maximum atomic E-state index is 13.3. The van der Waals surface area contributed by atoms with Crippen molar-refractivity contribution in [3.63, 3.8) is 0 Å². The van der Waals surface area contributed by atoms with Gasteiger partial charge in [0.25, 0.3) is 0 Å². The van der Waals surface area contributed by atoms with Crippen LogP contribution in [0.15, 0.2) is 30.5 Å². The van der Waals surface area contributed by atoms with Gasteiger partial charge in [-0.15, -0.1) is 0 Å². The molecule has 2 aromatic rings. The summed E-state index contributed by atoms with van der Waals surface area (Å²) in [5, 5.41) is 15.3. The Morgan fingerprint density at radius 3 is 2.90 bits per heavy atom. The summed E-state index contributed by atoms with van der Waals surface area (Å²) >= 11 is 6.15. The maximum Gasteiger partial charge on any atom is 0.123 e. The highest BCUT2D eigenvalue weighted by molar-refractivity contribution is 6.31. The Balaban J connectivity index is 2.28. The van der Waals surface area contributed by atoms with E-state index in [0.29, 0.717) is 29.4 Å². The largest absolute Gasteiger partial charge is 0.383 e. The number of hydrogen-bond donors (Lipinski definition) is 1. The molecule has 0 amide bonds. The zero-order valence-electron chi connectivity index (χ0n) is 12.0. The second-order valence-corrected chi connectivity index (χ2v) is 5.54. The van der Waals surface area contributed by atoms with Gasteiger partial charge >= 0.3 is 0 Å². The van der Waals surface area contributed by atoms with Crippen molar-refractivity contribution >= 4 is 11.6 Å². The fraction of sp³-hybridized carbons (Fsp3) is 0.400. The first-order valence-electron chi connectivity index (χ1n) is 6.61.